The third kappa shape index (κ3) is 5.61. The molecule has 3 aliphatic carbocycles. The van der Waals surface area contributed by atoms with Gasteiger partial charge in [0.25, 0.3) is 0 Å². The van der Waals surface area contributed by atoms with Crippen molar-refractivity contribution in [3.8, 4) is 55.6 Å². The zero-order chi connectivity index (χ0) is 44.7. The lowest BCUT2D eigenvalue weighted by Gasteiger charge is -2.30. The van der Waals surface area contributed by atoms with Crippen LogP contribution >= 0.6 is 0 Å². The van der Waals surface area contributed by atoms with Gasteiger partial charge in [0.1, 0.15) is 11.2 Å². The summed E-state index contributed by atoms with van der Waals surface area (Å²) < 4.78 is 6.32. The van der Waals surface area contributed by atoms with E-state index in [4.69, 9.17) is 4.42 Å². The minimum absolute atomic E-state index is 0.105. The minimum atomic E-state index is -0.184. The van der Waals surface area contributed by atoms with E-state index in [1.807, 2.05) is 6.07 Å². The Kier molecular flexibility index (Phi) is 8.15. The van der Waals surface area contributed by atoms with Crippen LogP contribution in [0.1, 0.15) is 80.5 Å². The maximum Gasteiger partial charge on any atom is 0.136 e. The van der Waals surface area contributed by atoms with Crippen LogP contribution in [0.4, 0.5) is 11.4 Å². The van der Waals surface area contributed by atoms with Crippen molar-refractivity contribution >= 4 is 33.3 Å². The van der Waals surface area contributed by atoms with E-state index in [0.29, 0.717) is 0 Å². The highest BCUT2D eigenvalue weighted by Gasteiger charge is 2.39. The molecule has 0 saturated heterocycles. The van der Waals surface area contributed by atoms with Crippen LogP contribution in [0.2, 0.25) is 0 Å². The van der Waals surface area contributed by atoms with Gasteiger partial charge in [-0.05, 0) is 149 Å². The molecule has 0 amide bonds. The SMILES string of the molecule is CC1(C)c2cc(CN(c3ccc4c(c3)C(C)(C)c3ccccc3-4)c3ccc4c(c3)C(C)(C)c3cc(-c5ccccc5)ccc3-4)ccc2-c2ccc(-c3ccc4c(c3)oc3ccccc34)cc21. The average molecular weight is 850 g/mol. The summed E-state index contributed by atoms with van der Waals surface area (Å²) in [6.45, 7) is 15.1. The maximum absolute atomic E-state index is 6.32. The van der Waals surface area contributed by atoms with Crippen LogP contribution in [0.25, 0.3) is 77.6 Å². The smallest absolute Gasteiger partial charge is 0.136 e. The summed E-state index contributed by atoms with van der Waals surface area (Å²) in [5.41, 5.74) is 26.3. The van der Waals surface area contributed by atoms with Crippen molar-refractivity contribution in [2.75, 3.05) is 4.90 Å². The van der Waals surface area contributed by atoms with Gasteiger partial charge in [-0.15, -0.1) is 0 Å². The molecule has 1 aromatic heterocycles. The van der Waals surface area contributed by atoms with Gasteiger partial charge in [-0.2, -0.15) is 0 Å². The van der Waals surface area contributed by atoms with E-state index in [1.165, 1.54) is 106 Å². The molecule has 0 fully saturated rings. The second kappa shape index (κ2) is 13.8. The zero-order valence-corrected chi connectivity index (χ0v) is 38.5. The van der Waals surface area contributed by atoms with Gasteiger partial charge in [-0.25, -0.2) is 0 Å². The quantitative estimate of drug-likeness (QED) is 0.166. The molecule has 2 nitrogen and oxygen atoms in total. The number of benzene rings is 9. The number of hydrogen-bond acceptors (Lipinski definition) is 2. The largest absolute Gasteiger partial charge is 0.456 e. The van der Waals surface area contributed by atoms with E-state index in [-0.39, 0.29) is 16.2 Å². The molecule has 9 aromatic carbocycles. The van der Waals surface area contributed by atoms with Gasteiger partial charge in [0, 0.05) is 44.9 Å². The highest BCUT2D eigenvalue weighted by molar-refractivity contribution is 6.06. The topological polar surface area (TPSA) is 16.4 Å². The van der Waals surface area contributed by atoms with Gasteiger partial charge in [0.15, 0.2) is 0 Å². The fourth-order valence-corrected chi connectivity index (χ4v) is 12.0. The summed E-state index contributed by atoms with van der Waals surface area (Å²) in [5.74, 6) is 0. The average Bonchev–Trinajstić information content (AvgIpc) is 3.98. The lowest BCUT2D eigenvalue weighted by atomic mass is 9.81. The fourth-order valence-electron chi connectivity index (χ4n) is 12.0. The number of anilines is 2. The lowest BCUT2D eigenvalue weighted by Crippen LogP contribution is -2.21. The van der Waals surface area contributed by atoms with Crippen molar-refractivity contribution < 1.29 is 4.42 Å². The van der Waals surface area contributed by atoms with Crippen LogP contribution in [0.3, 0.4) is 0 Å². The fraction of sp³-hybridized carbons (Fsp3) is 0.156. The van der Waals surface area contributed by atoms with E-state index in [2.05, 4.69) is 228 Å². The summed E-state index contributed by atoms with van der Waals surface area (Å²) >= 11 is 0. The van der Waals surface area contributed by atoms with E-state index >= 15 is 0 Å². The molecule has 1 heterocycles. The third-order valence-corrected chi connectivity index (χ3v) is 15.8. The molecular formula is C64H51NO. The highest BCUT2D eigenvalue weighted by Crippen LogP contribution is 2.54. The Morgan fingerprint density at radius 1 is 0.333 bits per heavy atom. The molecular weight excluding hydrogens is 799 g/mol. The van der Waals surface area contributed by atoms with Crippen molar-refractivity contribution in [2.45, 2.75) is 64.3 Å². The minimum Gasteiger partial charge on any atom is -0.456 e. The molecule has 0 atom stereocenters. The second-order valence-electron chi connectivity index (χ2n) is 20.5. The van der Waals surface area contributed by atoms with Gasteiger partial charge in [0.05, 0.1) is 0 Å². The molecule has 3 aliphatic rings. The molecule has 0 unspecified atom stereocenters. The van der Waals surface area contributed by atoms with Crippen molar-refractivity contribution in [2.24, 2.45) is 0 Å². The number of fused-ring (bicyclic) bond motifs is 12. The molecule has 66 heavy (non-hydrogen) atoms. The first-order valence-electron chi connectivity index (χ1n) is 23.5. The van der Waals surface area contributed by atoms with Crippen LogP contribution in [-0.2, 0) is 22.8 Å². The lowest BCUT2D eigenvalue weighted by molar-refractivity contribution is 0.658. The highest BCUT2D eigenvalue weighted by atomic mass is 16.3. The molecule has 0 saturated carbocycles. The van der Waals surface area contributed by atoms with Gasteiger partial charge >= 0.3 is 0 Å². The monoisotopic (exact) mass is 849 g/mol. The van der Waals surface area contributed by atoms with Gasteiger partial charge in [-0.1, -0.05) is 175 Å². The first-order valence-corrected chi connectivity index (χ1v) is 23.5. The molecule has 0 radical (unpaired) electrons. The van der Waals surface area contributed by atoms with Crippen LogP contribution in [0.5, 0.6) is 0 Å². The first kappa shape index (κ1) is 39.0. The Balaban J connectivity index is 0.890. The van der Waals surface area contributed by atoms with E-state index in [1.54, 1.807) is 0 Å². The molecule has 0 N–H and O–H groups in total. The summed E-state index contributed by atoms with van der Waals surface area (Å²) in [7, 11) is 0. The second-order valence-corrected chi connectivity index (χ2v) is 20.5. The predicted octanol–water partition coefficient (Wildman–Crippen LogP) is 17.2. The molecule has 0 spiro atoms. The third-order valence-electron chi connectivity index (χ3n) is 15.8. The van der Waals surface area contributed by atoms with Gasteiger partial charge in [-0.3, -0.25) is 0 Å². The van der Waals surface area contributed by atoms with Crippen molar-refractivity contribution in [1.82, 2.24) is 0 Å². The molecule has 13 rings (SSSR count). The summed E-state index contributed by atoms with van der Waals surface area (Å²) in [5, 5.41) is 2.32. The molecule has 318 valence electrons. The molecule has 0 bridgehead atoms. The summed E-state index contributed by atoms with van der Waals surface area (Å²) in [6, 6.07) is 70.5. The van der Waals surface area contributed by atoms with E-state index in [9.17, 15) is 0 Å². The molecule has 0 aliphatic heterocycles. The Bertz CT molecular complexity index is 3650. The number of rotatable bonds is 6. The number of hydrogen-bond donors (Lipinski definition) is 0. The van der Waals surface area contributed by atoms with Crippen molar-refractivity contribution in [3.63, 3.8) is 0 Å². The number of furan rings is 1. The normalized spacial score (nSPS) is 15.2. The maximum atomic E-state index is 6.32. The summed E-state index contributed by atoms with van der Waals surface area (Å²) in [4.78, 5) is 2.57. The number of para-hydroxylation sites is 1. The van der Waals surface area contributed by atoms with Gasteiger partial charge < -0.3 is 9.32 Å². The molecule has 2 heteroatoms. The van der Waals surface area contributed by atoms with Crippen molar-refractivity contribution in [1.29, 1.82) is 0 Å². The first-order chi connectivity index (χ1) is 31.9. The summed E-state index contributed by atoms with van der Waals surface area (Å²) in [6.07, 6.45) is 0. The van der Waals surface area contributed by atoms with Crippen LogP contribution in [-0.4, -0.2) is 0 Å². The van der Waals surface area contributed by atoms with Crippen LogP contribution in [0, 0.1) is 0 Å². The van der Waals surface area contributed by atoms with Crippen LogP contribution < -0.4 is 4.90 Å². The van der Waals surface area contributed by atoms with Crippen LogP contribution in [0.15, 0.2) is 192 Å². The zero-order valence-electron chi connectivity index (χ0n) is 38.5. The Morgan fingerprint density at radius 3 is 1.45 bits per heavy atom. The Labute approximate surface area is 387 Å². The molecule has 10 aromatic rings. The Morgan fingerprint density at radius 2 is 0.788 bits per heavy atom. The van der Waals surface area contributed by atoms with E-state index in [0.717, 1.165) is 28.5 Å². The van der Waals surface area contributed by atoms with E-state index < -0.39 is 0 Å². The predicted molar refractivity (Wildman–Crippen MR) is 276 cm³/mol. The van der Waals surface area contributed by atoms with Gasteiger partial charge in [0.2, 0.25) is 0 Å². The standard InChI is InChI=1S/C64H51NO/c1-62(2)54-18-12-10-16-46(54)50-30-24-44(36-58(50)62)65(45-25-31-51-49-27-21-41(40-14-8-7-9-15-40)33-56(49)64(5,6)59(51)37-45)38-39-20-26-47-48-28-22-42(34-57(48)63(3,4)55(47)32-39)43-23-29-53-52-17-11-13-19-60(52)66-61(53)35-43/h7-37H,38H2,1-6H3. The van der Waals surface area contributed by atoms with Crippen molar-refractivity contribution in [3.05, 3.63) is 227 Å². The number of nitrogens with zero attached hydrogens (tertiary/aromatic N) is 1. The Hall–Kier alpha value is -7.42.